The Balaban J connectivity index is 1.73. The number of carbonyl (C=O) groups is 3. The predicted octanol–water partition coefficient (Wildman–Crippen LogP) is 0.811. The van der Waals surface area contributed by atoms with E-state index >= 15 is 0 Å². The number of hydrogen-bond donors (Lipinski definition) is 1. The molecule has 7 heteroatoms. The number of rotatable bonds is 5. The first kappa shape index (κ1) is 16.1. The molecule has 1 fully saturated rings. The van der Waals surface area contributed by atoms with Crippen LogP contribution < -0.4 is 5.32 Å². The molecule has 0 radical (unpaired) electrons. The van der Waals surface area contributed by atoms with Crippen LogP contribution in [0.25, 0.3) is 0 Å². The van der Waals surface area contributed by atoms with Gasteiger partial charge in [-0.1, -0.05) is 0 Å². The van der Waals surface area contributed by atoms with Gasteiger partial charge in [-0.2, -0.15) is 0 Å². The molecule has 22 heavy (non-hydrogen) atoms. The number of amides is 2. The van der Waals surface area contributed by atoms with Crippen LogP contribution in [0.5, 0.6) is 0 Å². The summed E-state index contributed by atoms with van der Waals surface area (Å²) in [4.78, 5) is 37.0. The molecular formula is C15H20N2O5. The molecule has 1 saturated heterocycles. The lowest BCUT2D eigenvalue weighted by Crippen LogP contribution is -2.45. The van der Waals surface area contributed by atoms with Crippen LogP contribution in [0.3, 0.4) is 0 Å². The van der Waals surface area contributed by atoms with Gasteiger partial charge in [0.2, 0.25) is 5.91 Å². The Hall–Kier alpha value is -2.31. The van der Waals surface area contributed by atoms with Crippen molar-refractivity contribution in [2.45, 2.75) is 19.8 Å². The monoisotopic (exact) mass is 308 g/mol. The van der Waals surface area contributed by atoms with Crippen LogP contribution in [0.2, 0.25) is 0 Å². The summed E-state index contributed by atoms with van der Waals surface area (Å²) < 4.78 is 9.94. The average Bonchev–Trinajstić information content (AvgIpc) is 3.07. The van der Waals surface area contributed by atoms with Gasteiger partial charge in [-0.15, -0.1) is 0 Å². The molecule has 0 aromatic carbocycles. The van der Waals surface area contributed by atoms with Crippen LogP contribution >= 0.6 is 0 Å². The summed E-state index contributed by atoms with van der Waals surface area (Å²) in [7, 11) is 0. The van der Waals surface area contributed by atoms with E-state index in [1.54, 1.807) is 17.9 Å². The Bertz CT molecular complexity index is 518. The van der Waals surface area contributed by atoms with Crippen molar-refractivity contribution in [1.82, 2.24) is 10.2 Å². The highest BCUT2D eigenvalue weighted by atomic mass is 16.5. The molecule has 0 saturated carbocycles. The Morgan fingerprint density at radius 2 is 2.09 bits per heavy atom. The zero-order chi connectivity index (χ0) is 15.9. The largest absolute Gasteiger partial charge is 0.466 e. The average molecular weight is 308 g/mol. The van der Waals surface area contributed by atoms with E-state index in [1.807, 2.05) is 0 Å². The zero-order valence-corrected chi connectivity index (χ0v) is 12.5. The second-order valence-corrected chi connectivity index (χ2v) is 5.07. The number of piperidine rings is 1. The van der Waals surface area contributed by atoms with E-state index in [-0.39, 0.29) is 30.1 Å². The number of hydrogen-bond acceptors (Lipinski definition) is 5. The molecule has 1 aromatic rings. The fourth-order valence-electron chi connectivity index (χ4n) is 2.39. The van der Waals surface area contributed by atoms with Gasteiger partial charge in [0.05, 0.1) is 25.3 Å². The third-order valence-electron chi connectivity index (χ3n) is 3.61. The lowest BCUT2D eigenvalue weighted by Gasteiger charge is -2.30. The van der Waals surface area contributed by atoms with Gasteiger partial charge in [-0.05, 0) is 31.9 Å². The van der Waals surface area contributed by atoms with Gasteiger partial charge in [0.1, 0.15) is 0 Å². The minimum absolute atomic E-state index is 0.0798. The maximum atomic E-state index is 12.0. The topological polar surface area (TPSA) is 88.9 Å². The summed E-state index contributed by atoms with van der Waals surface area (Å²) in [6.07, 6.45) is 2.59. The molecule has 2 amide bonds. The molecule has 0 aliphatic carbocycles. The highest BCUT2D eigenvalue weighted by Gasteiger charge is 2.28. The van der Waals surface area contributed by atoms with Gasteiger partial charge in [0, 0.05) is 13.1 Å². The van der Waals surface area contributed by atoms with Gasteiger partial charge in [0.15, 0.2) is 5.76 Å². The quantitative estimate of drug-likeness (QED) is 0.813. The Labute approximate surface area is 128 Å². The summed E-state index contributed by atoms with van der Waals surface area (Å²) >= 11 is 0. The van der Waals surface area contributed by atoms with E-state index in [1.165, 1.54) is 12.3 Å². The second-order valence-electron chi connectivity index (χ2n) is 5.07. The van der Waals surface area contributed by atoms with E-state index in [9.17, 15) is 14.4 Å². The van der Waals surface area contributed by atoms with Crippen LogP contribution in [0.15, 0.2) is 22.8 Å². The molecule has 1 N–H and O–H groups in total. The minimum Gasteiger partial charge on any atom is -0.466 e. The molecule has 120 valence electrons. The molecule has 2 rings (SSSR count). The Kier molecular flexibility index (Phi) is 5.57. The van der Waals surface area contributed by atoms with Crippen LogP contribution in [-0.4, -0.2) is 48.9 Å². The number of nitrogens with one attached hydrogen (secondary N) is 1. The van der Waals surface area contributed by atoms with Crippen molar-refractivity contribution in [3.8, 4) is 0 Å². The number of nitrogens with zero attached hydrogens (tertiary/aromatic N) is 1. The molecule has 1 aliphatic heterocycles. The lowest BCUT2D eigenvalue weighted by atomic mass is 9.97. The van der Waals surface area contributed by atoms with E-state index < -0.39 is 5.91 Å². The second kappa shape index (κ2) is 7.63. The van der Waals surface area contributed by atoms with Crippen molar-refractivity contribution < 1.29 is 23.5 Å². The molecule has 0 bridgehead atoms. The van der Waals surface area contributed by atoms with Gasteiger partial charge in [0.25, 0.3) is 5.91 Å². The first-order chi connectivity index (χ1) is 10.6. The van der Waals surface area contributed by atoms with Gasteiger partial charge in [-0.25, -0.2) is 0 Å². The molecule has 7 nitrogen and oxygen atoms in total. The normalized spacial score (nSPS) is 15.4. The first-order valence-electron chi connectivity index (χ1n) is 7.38. The molecule has 0 atom stereocenters. The minimum atomic E-state index is -0.417. The van der Waals surface area contributed by atoms with Crippen molar-refractivity contribution in [2.75, 3.05) is 26.2 Å². The van der Waals surface area contributed by atoms with E-state index in [0.717, 1.165) is 0 Å². The van der Waals surface area contributed by atoms with Crippen molar-refractivity contribution in [3.63, 3.8) is 0 Å². The SMILES string of the molecule is CCOC(=O)C1CCN(C(=O)CNC(=O)c2ccco2)CC1. The van der Waals surface area contributed by atoms with Crippen molar-refractivity contribution >= 4 is 17.8 Å². The van der Waals surface area contributed by atoms with Gasteiger partial charge >= 0.3 is 5.97 Å². The van der Waals surface area contributed by atoms with Crippen molar-refractivity contribution in [3.05, 3.63) is 24.2 Å². The number of furan rings is 1. The van der Waals surface area contributed by atoms with Crippen LogP contribution in [-0.2, 0) is 14.3 Å². The summed E-state index contributed by atoms with van der Waals surface area (Å²) in [5.74, 6) is -0.738. The molecule has 0 unspecified atom stereocenters. The van der Waals surface area contributed by atoms with E-state index in [0.29, 0.717) is 32.5 Å². The third-order valence-corrected chi connectivity index (χ3v) is 3.61. The van der Waals surface area contributed by atoms with Crippen molar-refractivity contribution in [2.24, 2.45) is 5.92 Å². The predicted molar refractivity (Wildman–Crippen MR) is 77.0 cm³/mol. The smallest absolute Gasteiger partial charge is 0.309 e. The zero-order valence-electron chi connectivity index (χ0n) is 12.5. The molecule has 0 spiro atoms. The van der Waals surface area contributed by atoms with Crippen LogP contribution in [0.4, 0.5) is 0 Å². The van der Waals surface area contributed by atoms with Gasteiger partial charge < -0.3 is 19.4 Å². The van der Waals surface area contributed by atoms with E-state index in [2.05, 4.69) is 5.32 Å². The van der Waals surface area contributed by atoms with E-state index in [4.69, 9.17) is 9.15 Å². The number of ether oxygens (including phenoxy) is 1. The standard InChI is InChI=1S/C15H20N2O5/c1-2-21-15(20)11-5-7-17(8-6-11)13(18)10-16-14(19)12-4-3-9-22-12/h3-4,9,11H,2,5-8,10H2,1H3,(H,16,19). The number of esters is 1. The molecule has 2 heterocycles. The molecule has 1 aromatic heterocycles. The molecule has 1 aliphatic rings. The number of carbonyl (C=O) groups excluding carboxylic acids is 3. The fourth-order valence-corrected chi connectivity index (χ4v) is 2.39. The molecular weight excluding hydrogens is 288 g/mol. The lowest BCUT2D eigenvalue weighted by molar-refractivity contribution is -0.151. The first-order valence-corrected chi connectivity index (χ1v) is 7.38. The Morgan fingerprint density at radius 3 is 2.68 bits per heavy atom. The van der Waals surface area contributed by atoms with Crippen LogP contribution in [0.1, 0.15) is 30.3 Å². The summed E-state index contributed by atoms with van der Waals surface area (Å²) in [6, 6.07) is 3.14. The maximum absolute atomic E-state index is 12.0. The fraction of sp³-hybridized carbons (Fsp3) is 0.533. The highest BCUT2D eigenvalue weighted by Crippen LogP contribution is 2.18. The van der Waals surface area contributed by atoms with Crippen molar-refractivity contribution in [1.29, 1.82) is 0 Å². The Morgan fingerprint density at radius 1 is 1.36 bits per heavy atom. The summed E-state index contributed by atoms with van der Waals surface area (Å²) in [5.41, 5.74) is 0. The number of likely N-dealkylation sites (tertiary alicyclic amines) is 1. The van der Waals surface area contributed by atoms with Crippen LogP contribution in [0, 0.1) is 5.92 Å². The summed E-state index contributed by atoms with van der Waals surface area (Å²) in [5, 5.41) is 2.52. The third kappa shape index (κ3) is 4.09. The summed E-state index contributed by atoms with van der Waals surface area (Å²) in [6.45, 7) is 3.07. The highest BCUT2D eigenvalue weighted by molar-refractivity contribution is 5.94. The maximum Gasteiger partial charge on any atom is 0.309 e. The van der Waals surface area contributed by atoms with Gasteiger partial charge in [-0.3, -0.25) is 14.4 Å².